The first kappa shape index (κ1) is 50.6. The molecular formula is C21H44Au3O14S3+. The molecule has 0 aromatic heterocycles. The number of hydrogen-bond donors (Lipinski definition) is 11. The van der Waals surface area contributed by atoms with E-state index in [1.165, 1.54) is 0 Å². The molecule has 2 radical (unpaired) electrons. The molecule has 41 heavy (non-hydrogen) atoms. The summed E-state index contributed by atoms with van der Waals surface area (Å²) in [5, 5.41) is 101. The van der Waals surface area contributed by atoms with Gasteiger partial charge in [-0.15, -0.1) is 0 Å². The van der Waals surface area contributed by atoms with Crippen LogP contribution in [0.3, 0.4) is 0 Å². The molecule has 262 valence electrons. The quantitative estimate of drug-likeness (QED) is 0.0412. The van der Waals surface area contributed by atoms with Gasteiger partial charge in [0.25, 0.3) is 0 Å². The molecule has 0 saturated carbocycles. The Balaban J connectivity index is -0.000000239. The molecule has 3 aliphatic heterocycles. The summed E-state index contributed by atoms with van der Waals surface area (Å²) in [4.78, 5) is 0. The summed E-state index contributed by atoms with van der Waals surface area (Å²) in [6.07, 6.45) is -10.4. The molecule has 0 amide bonds. The fourth-order valence-electron chi connectivity index (χ4n) is 3.65. The largest absolute Gasteiger partial charge is 1.00 e. The van der Waals surface area contributed by atoms with Crippen molar-refractivity contribution in [3.63, 3.8) is 0 Å². The van der Waals surface area contributed by atoms with Crippen molar-refractivity contribution < 1.29 is 138 Å². The molecule has 15 atom stereocenters. The molecule has 3 rings (SSSR count). The van der Waals surface area contributed by atoms with Gasteiger partial charge in [0.2, 0.25) is 10.9 Å². The molecule has 0 aromatic carbocycles. The van der Waals surface area contributed by atoms with Crippen LogP contribution in [0.15, 0.2) is 0 Å². The molecule has 3 fully saturated rings. The van der Waals surface area contributed by atoms with Crippen LogP contribution in [0.5, 0.6) is 0 Å². The van der Waals surface area contributed by atoms with Crippen LogP contribution in [0.1, 0.15) is 13.3 Å². The first-order valence-electron chi connectivity index (χ1n) is 11.5. The molecule has 3 unspecified atom stereocenters. The smallest absolute Gasteiger partial charge is 0.759 e. The number of ether oxygens (including phenoxy) is 3. The summed E-state index contributed by atoms with van der Waals surface area (Å²) in [5.74, 6) is 0. The average Bonchev–Trinajstić information content (AvgIpc) is 2.90. The number of aliphatic hydroxyl groups excluding tert-OH is 11. The summed E-state index contributed by atoms with van der Waals surface area (Å²) >= 11 is 8.50. The van der Waals surface area contributed by atoms with Crippen molar-refractivity contribution in [1.29, 1.82) is 0 Å². The predicted molar refractivity (Wildman–Crippen MR) is 143 cm³/mol. The minimum Gasteiger partial charge on any atom is -0.759 e. The molecule has 0 aliphatic carbocycles. The summed E-state index contributed by atoms with van der Waals surface area (Å²) in [6.45, 7) is 1.05. The van der Waals surface area contributed by atoms with Gasteiger partial charge < -0.3 is 90.4 Å². The molecule has 11 N–H and O–H groups in total. The van der Waals surface area contributed by atoms with Gasteiger partial charge in [0, 0.05) is 56.5 Å². The maximum atomic E-state index is 9.40. The Hall–Kier alpha value is 2.71. The Morgan fingerprint density at radius 1 is 0.634 bits per heavy atom. The normalized spacial score (nSPS) is 43.5. The van der Waals surface area contributed by atoms with Crippen molar-refractivity contribution in [2.45, 2.75) is 103 Å². The van der Waals surface area contributed by atoms with E-state index >= 15 is 0 Å². The van der Waals surface area contributed by atoms with Gasteiger partial charge >= 0.3 is 22.4 Å². The summed E-state index contributed by atoms with van der Waals surface area (Å²) < 4.78 is 15.2. The third kappa shape index (κ3) is 14.2. The minimum absolute atomic E-state index is 0. The standard InChI is InChI=1S/C7H14O5S.C7H14O4S.C6H12O5S.CH3.3Au/c1-13-7-6(11)5(10)4(9)3(2-8)12-7;1-2-3-4(8)5(9)6(10)7(12)11-3;7-1-2-3(8)4(9)5(10)6(12)11-2;;;;/h3-11H,2H2,1H3;3-10,12H,2H2,1H3;2-10,12H,1H2;1H3;;;/q;;;-1;;;+1/p+1/t2*3-,4-,5+,6-,7?;2-,3-,4+,5-,6?;;;;/m111..../s1. The monoisotopic (exact) mass is 1210 g/mol. The zero-order chi connectivity index (χ0) is 28.6. The average molecular weight is 1210 g/mol. The maximum absolute atomic E-state index is 9.40. The molecule has 20 heteroatoms. The van der Waals surface area contributed by atoms with Gasteiger partial charge in [-0.2, -0.15) is 0 Å². The second kappa shape index (κ2) is 24.8. The van der Waals surface area contributed by atoms with Crippen LogP contribution >= 0.6 is 0 Å². The first-order valence-corrected chi connectivity index (χ1v) is 14.0. The zero-order valence-electron chi connectivity index (χ0n) is 22.2. The van der Waals surface area contributed by atoms with Crippen molar-refractivity contribution >= 4 is 37.0 Å². The Labute approximate surface area is 301 Å². The van der Waals surface area contributed by atoms with Gasteiger partial charge in [-0.3, -0.25) is 0 Å². The Kier molecular flexibility index (Phi) is 30.6. The Bertz CT molecular complexity index is 594. The second-order valence-electron chi connectivity index (χ2n) is 8.65. The van der Waals surface area contributed by atoms with E-state index in [1.807, 2.05) is 6.92 Å². The molecule has 0 aromatic rings. The van der Waals surface area contributed by atoms with E-state index in [9.17, 15) is 35.7 Å². The molecule has 14 nitrogen and oxygen atoms in total. The molecule has 3 heterocycles. The maximum Gasteiger partial charge on any atom is 1.00 e. The van der Waals surface area contributed by atoms with E-state index in [0.29, 0.717) is 6.42 Å². The molecular weight excluding hydrogens is 1160 g/mol. The zero-order valence-corrected chi connectivity index (χ0v) is 31.4. The van der Waals surface area contributed by atoms with Crippen LogP contribution in [0.25, 0.3) is 0 Å². The van der Waals surface area contributed by atoms with Gasteiger partial charge in [-0.1, -0.05) is 6.92 Å². The van der Waals surface area contributed by atoms with Crippen molar-refractivity contribution in [3.05, 3.63) is 7.43 Å². The molecule has 3 aliphatic rings. The number of aliphatic hydroxyl groups is 11. The number of thiol groups is 1. The Morgan fingerprint density at radius 3 is 1.44 bits per heavy atom. The predicted octanol–water partition coefficient (Wildman–Crippen LogP) is -6.78. The number of hydrogen-bond acceptors (Lipinski definition) is 15. The van der Waals surface area contributed by atoms with E-state index < -0.39 is 96.2 Å². The van der Waals surface area contributed by atoms with Gasteiger partial charge in [0.05, 0.1) is 31.7 Å². The van der Waals surface area contributed by atoms with Crippen molar-refractivity contribution in [3.8, 4) is 0 Å². The third-order valence-corrected chi connectivity index (χ3v) is 7.89. The van der Waals surface area contributed by atoms with E-state index in [2.05, 4.69) is 25.3 Å². The summed E-state index contributed by atoms with van der Waals surface area (Å²) in [5.41, 5.74) is -2.13. The van der Waals surface area contributed by atoms with Crippen molar-refractivity contribution in [1.82, 2.24) is 0 Å². The van der Waals surface area contributed by atoms with E-state index in [4.69, 9.17) is 34.6 Å². The third-order valence-electron chi connectivity index (χ3n) is 6.08. The van der Waals surface area contributed by atoms with E-state index in [-0.39, 0.29) is 81.2 Å². The van der Waals surface area contributed by atoms with Crippen molar-refractivity contribution in [2.24, 2.45) is 0 Å². The second-order valence-corrected chi connectivity index (χ2v) is 10.7. The van der Waals surface area contributed by atoms with Crippen LogP contribution in [-0.4, -0.2) is 165 Å². The molecule has 0 bridgehead atoms. The fraction of sp³-hybridized carbons (Fsp3) is 0.952. The summed E-state index contributed by atoms with van der Waals surface area (Å²) in [7, 11) is 0. The number of rotatable bonds is 4. The first-order chi connectivity index (χ1) is 17.3. The van der Waals surface area contributed by atoms with Gasteiger partial charge in [0.1, 0.15) is 48.8 Å². The van der Waals surface area contributed by atoms with Crippen LogP contribution in [0.2, 0.25) is 0 Å². The van der Waals surface area contributed by atoms with Crippen LogP contribution in [-0.2, 0) is 118 Å². The SMILES string of the molecule is CC[C@H]1OC([SH2+])[C@H](O)[C@@H](O)[C@@H]1O.C[SH+]C1O[C@H](CO)[C@@H](O)[C@H](O)[C@H]1O.OC[C@H]1OC([S-])[C@H](O)[C@@H](O)[C@@H]1O.[Au+].[Au].[Au].[CH3-]. The Morgan fingerprint density at radius 2 is 1.02 bits per heavy atom. The van der Waals surface area contributed by atoms with Crippen LogP contribution < -0.4 is 0 Å². The van der Waals surface area contributed by atoms with Crippen LogP contribution in [0.4, 0.5) is 0 Å². The van der Waals surface area contributed by atoms with Crippen LogP contribution in [0, 0.1) is 7.43 Å². The topological polar surface area (TPSA) is 250 Å². The van der Waals surface area contributed by atoms with Gasteiger partial charge in [0.15, 0.2) is 12.2 Å². The molecule has 0 spiro atoms. The van der Waals surface area contributed by atoms with Crippen molar-refractivity contribution in [2.75, 3.05) is 19.5 Å². The van der Waals surface area contributed by atoms with Gasteiger partial charge in [-0.05, 0) is 24.5 Å². The van der Waals surface area contributed by atoms with E-state index in [1.54, 1.807) is 6.26 Å². The summed E-state index contributed by atoms with van der Waals surface area (Å²) in [6, 6.07) is 0. The fourth-order valence-corrected chi connectivity index (χ4v) is 5.09. The molecule has 3 saturated heterocycles. The minimum atomic E-state index is -1.35. The van der Waals surface area contributed by atoms with Gasteiger partial charge in [-0.25, -0.2) is 0 Å². The van der Waals surface area contributed by atoms with E-state index in [0.717, 1.165) is 11.8 Å².